The fraction of sp³-hybridized carbons (Fsp3) is 0.538. The van der Waals surface area contributed by atoms with E-state index in [2.05, 4.69) is 0 Å². The summed E-state index contributed by atoms with van der Waals surface area (Å²) in [6.07, 6.45) is 4.04. The molecule has 0 aromatic rings. The zero-order valence-corrected chi connectivity index (χ0v) is 11.0. The summed E-state index contributed by atoms with van der Waals surface area (Å²) >= 11 is 0. The lowest BCUT2D eigenvalue weighted by Crippen LogP contribution is -2.46. The molecule has 2 bridgehead atoms. The predicted molar refractivity (Wildman–Crippen MR) is 67.2 cm³/mol. The SMILES string of the molecule is O=C(O)CN(CC(=O)O)C(=O)C1C2C=CC(C2)C1C(=O)O. The van der Waals surface area contributed by atoms with Crippen molar-refractivity contribution in [3.63, 3.8) is 0 Å². The van der Waals surface area contributed by atoms with Crippen molar-refractivity contribution in [3.05, 3.63) is 12.2 Å². The molecule has 2 aliphatic rings. The molecule has 0 aliphatic heterocycles. The van der Waals surface area contributed by atoms with Crippen molar-refractivity contribution in [2.24, 2.45) is 23.7 Å². The Hall–Kier alpha value is -2.38. The Morgan fingerprint density at radius 1 is 0.905 bits per heavy atom. The quantitative estimate of drug-likeness (QED) is 0.563. The lowest BCUT2D eigenvalue weighted by molar-refractivity contribution is -0.155. The van der Waals surface area contributed by atoms with Gasteiger partial charge < -0.3 is 20.2 Å². The Morgan fingerprint density at radius 3 is 1.81 bits per heavy atom. The second-order valence-electron chi connectivity index (χ2n) is 5.32. The van der Waals surface area contributed by atoms with E-state index in [-0.39, 0.29) is 11.8 Å². The maximum Gasteiger partial charge on any atom is 0.323 e. The average Bonchev–Trinajstić information content (AvgIpc) is 2.95. The lowest BCUT2D eigenvalue weighted by Gasteiger charge is -2.29. The van der Waals surface area contributed by atoms with Gasteiger partial charge in [-0.3, -0.25) is 19.2 Å². The molecule has 114 valence electrons. The van der Waals surface area contributed by atoms with E-state index in [1.807, 2.05) is 0 Å². The minimum Gasteiger partial charge on any atom is -0.481 e. The van der Waals surface area contributed by atoms with Gasteiger partial charge >= 0.3 is 17.9 Å². The average molecular weight is 297 g/mol. The first-order valence-electron chi connectivity index (χ1n) is 6.44. The number of carboxylic acid groups (broad SMARTS) is 3. The molecule has 2 rings (SSSR count). The van der Waals surface area contributed by atoms with Crippen molar-refractivity contribution in [2.45, 2.75) is 6.42 Å². The van der Waals surface area contributed by atoms with E-state index >= 15 is 0 Å². The molecule has 1 fully saturated rings. The van der Waals surface area contributed by atoms with Crippen LogP contribution in [0.2, 0.25) is 0 Å². The zero-order chi connectivity index (χ0) is 15.7. The third kappa shape index (κ3) is 2.88. The summed E-state index contributed by atoms with van der Waals surface area (Å²) in [5.41, 5.74) is 0. The number of carboxylic acids is 3. The highest BCUT2D eigenvalue weighted by Gasteiger charge is 2.52. The topological polar surface area (TPSA) is 132 Å². The third-order valence-electron chi connectivity index (χ3n) is 3.99. The molecule has 0 radical (unpaired) electrons. The number of aliphatic carboxylic acids is 3. The fourth-order valence-corrected chi connectivity index (χ4v) is 3.24. The number of fused-ring (bicyclic) bond motifs is 2. The Bertz CT molecular complexity index is 511. The van der Waals surface area contributed by atoms with Crippen LogP contribution in [-0.2, 0) is 19.2 Å². The van der Waals surface area contributed by atoms with Crippen LogP contribution in [0.15, 0.2) is 12.2 Å². The first kappa shape index (κ1) is 15.0. The van der Waals surface area contributed by atoms with Crippen molar-refractivity contribution in [1.82, 2.24) is 4.90 Å². The normalized spacial score (nSPS) is 29.3. The van der Waals surface area contributed by atoms with Crippen molar-refractivity contribution in [3.8, 4) is 0 Å². The van der Waals surface area contributed by atoms with Gasteiger partial charge in [-0.25, -0.2) is 0 Å². The Balaban J connectivity index is 2.22. The fourth-order valence-electron chi connectivity index (χ4n) is 3.24. The largest absolute Gasteiger partial charge is 0.481 e. The van der Waals surface area contributed by atoms with E-state index in [0.717, 1.165) is 0 Å². The number of allylic oxidation sites excluding steroid dienone is 2. The zero-order valence-electron chi connectivity index (χ0n) is 11.0. The predicted octanol–water partition coefficient (Wildman–Crippen LogP) is -0.493. The second-order valence-corrected chi connectivity index (χ2v) is 5.32. The Morgan fingerprint density at radius 2 is 1.38 bits per heavy atom. The first-order valence-corrected chi connectivity index (χ1v) is 6.44. The van der Waals surface area contributed by atoms with E-state index < -0.39 is 48.7 Å². The van der Waals surface area contributed by atoms with Gasteiger partial charge in [-0.1, -0.05) is 12.2 Å². The molecule has 0 aromatic heterocycles. The van der Waals surface area contributed by atoms with Crippen LogP contribution < -0.4 is 0 Å². The molecular weight excluding hydrogens is 282 g/mol. The van der Waals surface area contributed by atoms with Gasteiger partial charge in [0, 0.05) is 0 Å². The molecular formula is C13H15NO7. The van der Waals surface area contributed by atoms with Gasteiger partial charge in [-0.15, -0.1) is 0 Å². The van der Waals surface area contributed by atoms with Gasteiger partial charge in [0.25, 0.3) is 0 Å². The number of carbonyl (C=O) groups is 4. The molecule has 8 nitrogen and oxygen atoms in total. The highest BCUT2D eigenvalue weighted by atomic mass is 16.4. The summed E-state index contributed by atoms with van der Waals surface area (Å²) < 4.78 is 0. The summed E-state index contributed by atoms with van der Waals surface area (Å²) in [5.74, 6) is -6.84. The van der Waals surface area contributed by atoms with Crippen LogP contribution in [0.4, 0.5) is 0 Å². The van der Waals surface area contributed by atoms with Crippen LogP contribution >= 0.6 is 0 Å². The van der Waals surface area contributed by atoms with Gasteiger partial charge in [0.15, 0.2) is 0 Å². The number of amides is 1. The van der Waals surface area contributed by atoms with Crippen LogP contribution in [0.3, 0.4) is 0 Å². The smallest absolute Gasteiger partial charge is 0.323 e. The van der Waals surface area contributed by atoms with E-state index in [1.54, 1.807) is 12.2 Å². The number of carbonyl (C=O) groups excluding carboxylic acids is 1. The molecule has 21 heavy (non-hydrogen) atoms. The van der Waals surface area contributed by atoms with Gasteiger partial charge in [0.1, 0.15) is 13.1 Å². The van der Waals surface area contributed by atoms with E-state index in [9.17, 15) is 24.3 Å². The summed E-state index contributed by atoms with van der Waals surface area (Å²) in [5, 5.41) is 26.8. The summed E-state index contributed by atoms with van der Waals surface area (Å²) in [4.78, 5) is 46.0. The maximum atomic E-state index is 12.4. The first-order chi connectivity index (χ1) is 9.81. The number of nitrogens with zero attached hydrogens (tertiary/aromatic N) is 1. The van der Waals surface area contributed by atoms with Crippen molar-refractivity contribution in [1.29, 1.82) is 0 Å². The minimum atomic E-state index is -1.34. The monoisotopic (exact) mass is 297 g/mol. The van der Waals surface area contributed by atoms with E-state index in [4.69, 9.17) is 10.2 Å². The van der Waals surface area contributed by atoms with Crippen LogP contribution in [0, 0.1) is 23.7 Å². The molecule has 0 saturated heterocycles. The molecule has 1 saturated carbocycles. The molecule has 0 spiro atoms. The number of hydrogen-bond acceptors (Lipinski definition) is 4. The van der Waals surface area contributed by atoms with Gasteiger partial charge in [0.05, 0.1) is 11.8 Å². The molecule has 4 unspecified atom stereocenters. The molecule has 0 aromatic carbocycles. The maximum absolute atomic E-state index is 12.4. The second kappa shape index (κ2) is 5.55. The lowest BCUT2D eigenvalue weighted by atomic mass is 9.82. The Kier molecular flexibility index (Phi) is 3.97. The van der Waals surface area contributed by atoms with Crippen LogP contribution in [0.1, 0.15) is 6.42 Å². The Labute approximate surface area is 119 Å². The van der Waals surface area contributed by atoms with Gasteiger partial charge in [-0.2, -0.15) is 0 Å². The van der Waals surface area contributed by atoms with Crippen molar-refractivity contribution >= 4 is 23.8 Å². The van der Waals surface area contributed by atoms with Gasteiger partial charge in [0.2, 0.25) is 5.91 Å². The van der Waals surface area contributed by atoms with Gasteiger partial charge in [-0.05, 0) is 18.3 Å². The summed E-state index contributed by atoms with van der Waals surface area (Å²) in [7, 11) is 0. The molecule has 8 heteroatoms. The molecule has 3 N–H and O–H groups in total. The molecule has 4 atom stereocenters. The standard InChI is InChI=1S/C13H15NO7/c15-8(16)4-14(5-9(17)18)12(19)10-6-1-2-7(3-6)11(10)13(20)21/h1-2,6-7,10-11H,3-5H2,(H,15,16)(H,17,18)(H,20,21). The third-order valence-corrected chi connectivity index (χ3v) is 3.99. The minimum absolute atomic E-state index is 0.252. The van der Waals surface area contributed by atoms with Crippen LogP contribution in [0.25, 0.3) is 0 Å². The highest BCUT2D eigenvalue weighted by molar-refractivity contribution is 5.90. The molecule has 2 aliphatic carbocycles. The highest BCUT2D eigenvalue weighted by Crippen LogP contribution is 2.48. The number of rotatable bonds is 6. The summed E-state index contributed by atoms with van der Waals surface area (Å²) in [6, 6.07) is 0. The molecule has 1 amide bonds. The van der Waals surface area contributed by atoms with E-state index in [0.29, 0.717) is 11.3 Å². The van der Waals surface area contributed by atoms with E-state index in [1.165, 1.54) is 0 Å². The van der Waals surface area contributed by atoms with Crippen molar-refractivity contribution < 1.29 is 34.5 Å². The van der Waals surface area contributed by atoms with Crippen LogP contribution in [-0.4, -0.2) is 57.1 Å². The number of hydrogen-bond donors (Lipinski definition) is 3. The van der Waals surface area contributed by atoms with Crippen molar-refractivity contribution in [2.75, 3.05) is 13.1 Å². The van der Waals surface area contributed by atoms with Crippen LogP contribution in [0.5, 0.6) is 0 Å². The molecule has 0 heterocycles. The summed E-state index contributed by atoms with van der Waals surface area (Å²) in [6.45, 7) is -1.51.